The number of aliphatic carboxylic acids is 1. The summed E-state index contributed by atoms with van der Waals surface area (Å²) in [4.78, 5) is 49.0. The molecule has 0 unspecified atom stereocenters. The summed E-state index contributed by atoms with van der Waals surface area (Å²) in [6.45, 7) is 2.86. The highest BCUT2D eigenvalue weighted by Crippen LogP contribution is 2.33. The quantitative estimate of drug-likeness (QED) is 0.400. The number of carbonyl (C=O) groups excluding carboxylic acids is 1. The molecule has 2 atom stereocenters. The maximum atomic E-state index is 13.6. The van der Waals surface area contributed by atoms with E-state index in [4.69, 9.17) is 5.11 Å². The molecule has 0 spiro atoms. The molecular formula is C29H37N5O4S. The van der Waals surface area contributed by atoms with Gasteiger partial charge in [0.1, 0.15) is 0 Å². The molecule has 2 aromatic heterocycles. The predicted molar refractivity (Wildman–Crippen MR) is 152 cm³/mol. The number of carbonyl (C=O) groups is 2. The van der Waals surface area contributed by atoms with Gasteiger partial charge in [-0.05, 0) is 51.2 Å². The molecule has 0 radical (unpaired) electrons. The van der Waals surface area contributed by atoms with Gasteiger partial charge in [-0.2, -0.15) is 0 Å². The van der Waals surface area contributed by atoms with Gasteiger partial charge in [-0.3, -0.25) is 24.6 Å². The normalized spacial score (nSPS) is 21.1. The number of thiazole rings is 1. The maximum Gasteiger partial charge on any atom is 0.309 e. The van der Waals surface area contributed by atoms with Crippen LogP contribution in [-0.4, -0.2) is 54.5 Å². The molecule has 2 fully saturated rings. The molecule has 208 valence electrons. The number of hydrogen-bond acceptors (Lipinski definition) is 7. The fourth-order valence-electron chi connectivity index (χ4n) is 6.37. The molecule has 1 aliphatic heterocycles. The minimum Gasteiger partial charge on any atom is -0.481 e. The molecule has 3 heterocycles. The van der Waals surface area contributed by atoms with Gasteiger partial charge in [-0.15, -0.1) is 11.3 Å². The van der Waals surface area contributed by atoms with Crippen molar-refractivity contribution in [3.63, 3.8) is 0 Å². The smallest absolute Gasteiger partial charge is 0.309 e. The molecule has 5 rings (SSSR count). The van der Waals surface area contributed by atoms with Gasteiger partial charge in [0.05, 0.1) is 23.1 Å². The number of aryl methyl sites for hydroxylation is 1. The maximum absolute atomic E-state index is 13.6. The minimum absolute atomic E-state index is 0.180. The third-order valence-electron chi connectivity index (χ3n) is 8.20. The summed E-state index contributed by atoms with van der Waals surface area (Å²) in [5.74, 6) is -1.64. The van der Waals surface area contributed by atoms with Crippen molar-refractivity contribution < 1.29 is 14.7 Å². The van der Waals surface area contributed by atoms with E-state index in [1.165, 1.54) is 51.4 Å². The first-order chi connectivity index (χ1) is 18.9. The van der Waals surface area contributed by atoms with Crippen molar-refractivity contribution in [1.82, 2.24) is 19.4 Å². The highest BCUT2D eigenvalue weighted by molar-refractivity contribution is 7.14. The second-order valence-corrected chi connectivity index (χ2v) is 11.7. The van der Waals surface area contributed by atoms with Crippen molar-refractivity contribution >= 4 is 39.4 Å². The van der Waals surface area contributed by atoms with Crippen LogP contribution >= 0.6 is 11.3 Å². The van der Waals surface area contributed by atoms with Crippen LogP contribution in [-0.2, 0) is 17.8 Å². The van der Waals surface area contributed by atoms with Crippen LogP contribution in [0.2, 0.25) is 0 Å². The molecule has 1 saturated carbocycles. The summed E-state index contributed by atoms with van der Waals surface area (Å²) < 4.78 is 1.70. The van der Waals surface area contributed by atoms with Crippen LogP contribution < -0.4 is 10.9 Å². The number of amides is 1. The van der Waals surface area contributed by atoms with E-state index in [0.29, 0.717) is 35.9 Å². The number of nitrogens with one attached hydrogen (secondary N) is 1. The molecular weight excluding hydrogens is 514 g/mol. The Morgan fingerprint density at radius 2 is 1.79 bits per heavy atom. The van der Waals surface area contributed by atoms with Gasteiger partial charge < -0.3 is 9.67 Å². The number of carboxylic acid groups (broad SMARTS) is 1. The van der Waals surface area contributed by atoms with Crippen LogP contribution in [0.15, 0.2) is 34.4 Å². The largest absolute Gasteiger partial charge is 0.481 e. The minimum atomic E-state index is -0.998. The molecule has 9 nitrogen and oxygen atoms in total. The molecule has 3 aromatic rings. The number of anilines is 1. The van der Waals surface area contributed by atoms with Gasteiger partial charge in [0.25, 0.3) is 11.5 Å². The summed E-state index contributed by atoms with van der Waals surface area (Å²) >= 11 is 1.12. The Morgan fingerprint density at radius 3 is 2.56 bits per heavy atom. The van der Waals surface area contributed by atoms with Gasteiger partial charge in [0.15, 0.2) is 10.8 Å². The summed E-state index contributed by atoms with van der Waals surface area (Å²) in [7, 11) is 0. The Balaban J connectivity index is 1.37. The molecule has 10 heteroatoms. The van der Waals surface area contributed by atoms with E-state index in [-0.39, 0.29) is 17.2 Å². The first-order valence-electron chi connectivity index (χ1n) is 14.1. The van der Waals surface area contributed by atoms with Gasteiger partial charge >= 0.3 is 5.97 Å². The second kappa shape index (κ2) is 12.4. The number of aromatic nitrogens is 3. The molecule has 0 bridgehead atoms. The highest BCUT2D eigenvalue weighted by Gasteiger charge is 2.35. The topological polar surface area (TPSA) is 117 Å². The average molecular weight is 552 g/mol. The number of para-hydroxylation sites is 2. The van der Waals surface area contributed by atoms with Crippen molar-refractivity contribution in [3.8, 4) is 0 Å². The van der Waals surface area contributed by atoms with Crippen LogP contribution in [0.3, 0.4) is 0 Å². The first-order valence-corrected chi connectivity index (χ1v) is 15.0. The molecule has 39 heavy (non-hydrogen) atoms. The van der Waals surface area contributed by atoms with Gasteiger partial charge in [0, 0.05) is 30.1 Å². The lowest BCUT2D eigenvalue weighted by molar-refractivity contribution is -0.136. The first kappa shape index (κ1) is 27.5. The molecule has 1 aromatic carbocycles. The number of nitrogens with zero attached hydrogens (tertiary/aromatic N) is 4. The van der Waals surface area contributed by atoms with E-state index in [1.807, 2.05) is 24.3 Å². The summed E-state index contributed by atoms with van der Waals surface area (Å²) in [5.41, 5.74) is 1.06. The fraction of sp³-hybridized carbons (Fsp3) is 0.552. The zero-order valence-corrected chi connectivity index (χ0v) is 23.3. The second-order valence-electron chi connectivity index (χ2n) is 10.9. The van der Waals surface area contributed by atoms with Crippen molar-refractivity contribution in [2.45, 2.75) is 102 Å². The predicted octanol–water partition coefficient (Wildman–Crippen LogP) is 5.09. The van der Waals surface area contributed by atoms with Crippen LogP contribution in [0.5, 0.6) is 0 Å². The number of rotatable bonds is 8. The Kier molecular flexibility index (Phi) is 8.72. The lowest BCUT2D eigenvalue weighted by Crippen LogP contribution is -2.44. The lowest BCUT2D eigenvalue weighted by Gasteiger charge is -2.37. The van der Waals surface area contributed by atoms with E-state index in [0.717, 1.165) is 29.7 Å². The zero-order chi connectivity index (χ0) is 27.4. The third kappa shape index (κ3) is 6.38. The lowest BCUT2D eigenvalue weighted by atomic mass is 9.94. The summed E-state index contributed by atoms with van der Waals surface area (Å²) in [5, 5.41) is 13.4. The van der Waals surface area contributed by atoms with Crippen LogP contribution in [0.4, 0.5) is 5.13 Å². The van der Waals surface area contributed by atoms with Crippen molar-refractivity contribution in [3.05, 3.63) is 51.4 Å². The highest BCUT2D eigenvalue weighted by atomic mass is 32.1. The van der Waals surface area contributed by atoms with E-state index < -0.39 is 17.4 Å². The Bertz CT molecular complexity index is 1380. The van der Waals surface area contributed by atoms with E-state index in [9.17, 15) is 14.4 Å². The number of benzene rings is 1. The number of carboxylic acids is 1. The van der Waals surface area contributed by atoms with E-state index in [1.54, 1.807) is 9.95 Å². The molecule has 1 saturated heterocycles. The third-order valence-corrected chi connectivity index (χ3v) is 9.01. The molecule has 2 N–H and O–H groups in total. The van der Waals surface area contributed by atoms with Crippen LogP contribution in [0.1, 0.15) is 87.3 Å². The number of fused-ring (bicyclic) bond motifs is 1. The van der Waals surface area contributed by atoms with Crippen LogP contribution in [0.25, 0.3) is 11.0 Å². The zero-order valence-electron chi connectivity index (χ0n) is 22.5. The Labute approximate surface area is 232 Å². The molecule has 1 aliphatic carbocycles. The molecule has 2 aliphatic rings. The van der Waals surface area contributed by atoms with Crippen molar-refractivity contribution in [1.29, 1.82) is 0 Å². The van der Waals surface area contributed by atoms with Crippen molar-refractivity contribution in [2.24, 2.45) is 0 Å². The molecule has 1 amide bonds. The SMILES string of the molecule is C[C@H]1CC[C@@H](CCn2c(=O)c(C(=O)Nc3nc(CC(=O)O)cs3)nc3ccccc32)N1C1CCCCCCC1. The fourth-order valence-corrected chi connectivity index (χ4v) is 7.08. The summed E-state index contributed by atoms with van der Waals surface area (Å²) in [6.07, 6.45) is 12.0. The Morgan fingerprint density at radius 1 is 1.05 bits per heavy atom. The van der Waals surface area contributed by atoms with Gasteiger partial charge in [-0.25, -0.2) is 9.97 Å². The number of likely N-dealkylation sites (tertiary alicyclic amines) is 1. The monoisotopic (exact) mass is 551 g/mol. The van der Waals surface area contributed by atoms with Crippen LogP contribution in [0, 0.1) is 0 Å². The van der Waals surface area contributed by atoms with Crippen molar-refractivity contribution in [2.75, 3.05) is 5.32 Å². The number of hydrogen-bond donors (Lipinski definition) is 2. The summed E-state index contributed by atoms with van der Waals surface area (Å²) in [6, 6.07) is 9.02. The van der Waals surface area contributed by atoms with Gasteiger partial charge in [0.2, 0.25) is 0 Å². The van der Waals surface area contributed by atoms with E-state index >= 15 is 0 Å². The Hall–Kier alpha value is -3.11. The van der Waals surface area contributed by atoms with Gasteiger partial charge in [-0.1, -0.05) is 44.2 Å². The van der Waals surface area contributed by atoms with E-state index in [2.05, 4.69) is 27.1 Å². The standard InChI is InChI=1S/C29H37N5O4S/c1-19-13-14-22(34(19)21-9-5-3-2-4-6-10-21)15-16-33-24-12-8-7-11-23(24)31-26(28(33)38)27(37)32-29-30-20(18-39-29)17-25(35)36/h7-8,11-12,18-19,21-22H,2-6,9-10,13-17H2,1H3,(H,35,36)(H,30,32,37)/t19-,22-/m0/s1. The average Bonchev–Trinajstić information content (AvgIpc) is 3.48.